The van der Waals surface area contributed by atoms with Gasteiger partial charge in [0.25, 0.3) is 0 Å². The van der Waals surface area contributed by atoms with E-state index in [9.17, 15) is 9.59 Å². The number of hydrogen-bond donors (Lipinski definition) is 2. The van der Waals surface area contributed by atoms with E-state index in [1.807, 2.05) is 35.7 Å². The van der Waals surface area contributed by atoms with Crippen molar-refractivity contribution in [1.29, 1.82) is 0 Å². The number of carbonyl (C=O) groups excluding carboxylic acids is 1. The van der Waals surface area contributed by atoms with Crippen molar-refractivity contribution in [2.45, 2.75) is 6.92 Å². The Morgan fingerprint density at radius 1 is 1.14 bits per heavy atom. The second-order valence-corrected chi connectivity index (χ2v) is 6.97. The molecule has 9 heteroatoms. The first-order valence-electron chi connectivity index (χ1n) is 8.61. The van der Waals surface area contributed by atoms with Crippen LogP contribution in [0.25, 0.3) is 11.3 Å². The molecule has 1 amide bonds. The van der Waals surface area contributed by atoms with Crippen LogP contribution in [0.4, 0.5) is 10.8 Å². The number of nitrogens with one attached hydrogen (secondary N) is 1. The Labute approximate surface area is 169 Å². The summed E-state index contributed by atoms with van der Waals surface area (Å²) >= 11 is 1.32. The van der Waals surface area contributed by atoms with Crippen LogP contribution in [-0.4, -0.2) is 33.4 Å². The van der Waals surface area contributed by atoms with E-state index in [4.69, 9.17) is 5.11 Å². The Kier molecular flexibility index (Phi) is 4.88. The highest BCUT2D eigenvalue weighted by Crippen LogP contribution is 2.29. The Bertz CT molecular complexity index is 1140. The lowest BCUT2D eigenvalue weighted by Gasteiger charge is -2.06. The van der Waals surface area contributed by atoms with E-state index in [0.29, 0.717) is 16.5 Å². The van der Waals surface area contributed by atoms with Crippen LogP contribution < -0.4 is 10.4 Å². The van der Waals surface area contributed by atoms with E-state index in [-0.39, 0.29) is 17.2 Å². The quantitative estimate of drug-likeness (QED) is 0.630. The number of rotatable bonds is 5. The van der Waals surface area contributed by atoms with Crippen LogP contribution in [0.1, 0.15) is 17.3 Å². The summed E-state index contributed by atoms with van der Waals surface area (Å²) in [6.45, 7) is 1.69. The van der Waals surface area contributed by atoms with Crippen molar-refractivity contribution in [2.24, 2.45) is 10.2 Å². The number of anilines is 2. The third kappa shape index (κ3) is 3.76. The zero-order chi connectivity index (χ0) is 20.4. The van der Waals surface area contributed by atoms with Gasteiger partial charge in [-0.3, -0.25) is 10.2 Å². The summed E-state index contributed by atoms with van der Waals surface area (Å²) in [5.74, 6) is -1.39. The number of carboxylic acid groups (broad SMARTS) is 1. The van der Waals surface area contributed by atoms with Crippen molar-refractivity contribution >= 4 is 45.5 Å². The van der Waals surface area contributed by atoms with Crippen LogP contribution in [0.2, 0.25) is 0 Å². The summed E-state index contributed by atoms with van der Waals surface area (Å²) in [7, 11) is 0. The lowest BCUT2D eigenvalue weighted by molar-refractivity contribution is -0.112. The predicted octanol–water partition coefficient (Wildman–Crippen LogP) is 3.70. The topological polar surface area (TPSA) is 107 Å². The molecule has 1 aliphatic rings. The van der Waals surface area contributed by atoms with Gasteiger partial charge in [-0.05, 0) is 31.2 Å². The normalized spacial score (nSPS) is 14.9. The van der Waals surface area contributed by atoms with E-state index in [2.05, 4.69) is 20.6 Å². The van der Waals surface area contributed by atoms with Crippen LogP contribution in [0.3, 0.4) is 0 Å². The first kappa shape index (κ1) is 18.5. The number of benzene rings is 2. The smallest absolute Gasteiger partial charge is 0.335 e. The van der Waals surface area contributed by atoms with Crippen molar-refractivity contribution in [3.05, 3.63) is 65.5 Å². The zero-order valence-corrected chi connectivity index (χ0v) is 16.1. The SMILES string of the molecule is CC1=NN(c2nc(-c3ccccc3)cs2)C(=O)/C1=N\Nc1ccc(C(=O)O)cc1. The summed E-state index contributed by atoms with van der Waals surface area (Å²) in [6, 6.07) is 15.7. The second-order valence-electron chi connectivity index (χ2n) is 6.14. The van der Waals surface area contributed by atoms with Crippen molar-refractivity contribution in [3.8, 4) is 11.3 Å². The van der Waals surface area contributed by atoms with Gasteiger partial charge in [0, 0.05) is 10.9 Å². The molecule has 0 atom stereocenters. The molecule has 0 aliphatic carbocycles. The third-order valence-corrected chi connectivity index (χ3v) is 4.98. The van der Waals surface area contributed by atoms with Gasteiger partial charge >= 0.3 is 11.9 Å². The molecule has 0 spiro atoms. The molecule has 2 aromatic carbocycles. The standard InChI is InChI=1S/C20H15N5O3S/c1-12-17(23-22-15-9-7-14(8-10-15)19(27)28)18(26)25(24-12)20-21-16(11-29-20)13-5-3-2-4-6-13/h2-11,22H,1H3,(H,27,28)/b23-17-. The molecule has 144 valence electrons. The number of carboxylic acids is 1. The van der Waals surface area contributed by atoms with Gasteiger partial charge in [0.1, 0.15) is 0 Å². The average molecular weight is 405 g/mol. The number of carbonyl (C=O) groups is 2. The second kappa shape index (κ2) is 7.64. The van der Waals surface area contributed by atoms with Crippen LogP contribution in [-0.2, 0) is 4.79 Å². The summed E-state index contributed by atoms with van der Waals surface area (Å²) in [5.41, 5.74) is 5.85. The fourth-order valence-electron chi connectivity index (χ4n) is 2.67. The lowest BCUT2D eigenvalue weighted by Crippen LogP contribution is -2.27. The minimum absolute atomic E-state index is 0.169. The number of nitrogens with zero attached hydrogens (tertiary/aromatic N) is 4. The fraction of sp³-hybridized carbons (Fsp3) is 0.0500. The van der Waals surface area contributed by atoms with Gasteiger partial charge in [0.05, 0.1) is 22.7 Å². The molecule has 4 rings (SSSR count). The van der Waals surface area contributed by atoms with Crippen molar-refractivity contribution in [1.82, 2.24) is 4.98 Å². The van der Waals surface area contributed by atoms with E-state index in [1.54, 1.807) is 19.1 Å². The number of hydrogen-bond acceptors (Lipinski definition) is 7. The Morgan fingerprint density at radius 3 is 2.55 bits per heavy atom. The number of amides is 1. The summed E-state index contributed by atoms with van der Waals surface area (Å²) < 4.78 is 0. The Hall–Kier alpha value is -3.85. The monoisotopic (exact) mass is 405 g/mol. The molecule has 3 aromatic rings. The Balaban J connectivity index is 1.51. The molecule has 0 saturated heterocycles. The van der Waals surface area contributed by atoms with Crippen LogP contribution >= 0.6 is 11.3 Å². The van der Waals surface area contributed by atoms with E-state index < -0.39 is 5.97 Å². The summed E-state index contributed by atoms with van der Waals surface area (Å²) in [5, 5.41) is 20.9. The molecule has 0 radical (unpaired) electrons. The number of hydrazone groups is 2. The van der Waals surface area contributed by atoms with Crippen molar-refractivity contribution in [3.63, 3.8) is 0 Å². The van der Waals surface area contributed by atoms with Crippen molar-refractivity contribution in [2.75, 3.05) is 10.4 Å². The molecule has 1 aliphatic heterocycles. The Morgan fingerprint density at radius 2 is 1.86 bits per heavy atom. The molecule has 0 bridgehead atoms. The molecule has 2 heterocycles. The minimum atomic E-state index is -1.01. The minimum Gasteiger partial charge on any atom is -0.478 e. The third-order valence-electron chi connectivity index (χ3n) is 4.16. The van der Waals surface area contributed by atoms with E-state index in [0.717, 1.165) is 11.3 Å². The number of thiazole rings is 1. The predicted molar refractivity (Wildman–Crippen MR) is 113 cm³/mol. The number of aromatic nitrogens is 1. The molecule has 0 unspecified atom stereocenters. The molecular weight excluding hydrogens is 390 g/mol. The van der Waals surface area contributed by atoms with Crippen LogP contribution in [0.5, 0.6) is 0 Å². The van der Waals surface area contributed by atoms with Gasteiger partial charge in [-0.25, -0.2) is 9.78 Å². The van der Waals surface area contributed by atoms with Crippen LogP contribution in [0.15, 0.2) is 70.2 Å². The van der Waals surface area contributed by atoms with Gasteiger partial charge in [-0.2, -0.15) is 15.2 Å². The van der Waals surface area contributed by atoms with Crippen LogP contribution in [0, 0.1) is 0 Å². The van der Waals surface area contributed by atoms with Crippen molar-refractivity contribution < 1.29 is 14.7 Å². The molecule has 0 fully saturated rings. The first-order valence-corrected chi connectivity index (χ1v) is 9.49. The number of aromatic carboxylic acids is 1. The van der Waals surface area contributed by atoms with Gasteiger partial charge in [-0.15, -0.1) is 11.3 Å². The molecule has 2 N–H and O–H groups in total. The maximum atomic E-state index is 12.8. The summed E-state index contributed by atoms with van der Waals surface area (Å²) in [6.07, 6.45) is 0. The molecule has 0 saturated carbocycles. The lowest BCUT2D eigenvalue weighted by atomic mass is 10.2. The maximum absolute atomic E-state index is 12.8. The highest BCUT2D eigenvalue weighted by Gasteiger charge is 2.32. The van der Waals surface area contributed by atoms with Gasteiger partial charge in [-0.1, -0.05) is 30.3 Å². The molecular formula is C20H15N5O3S. The van der Waals surface area contributed by atoms with Gasteiger partial charge < -0.3 is 5.11 Å². The zero-order valence-electron chi connectivity index (χ0n) is 15.2. The maximum Gasteiger partial charge on any atom is 0.335 e. The highest BCUT2D eigenvalue weighted by molar-refractivity contribution is 7.14. The molecule has 29 heavy (non-hydrogen) atoms. The highest BCUT2D eigenvalue weighted by atomic mass is 32.1. The molecule has 1 aromatic heterocycles. The summed E-state index contributed by atoms with van der Waals surface area (Å²) in [4.78, 5) is 28.2. The largest absolute Gasteiger partial charge is 0.478 e. The van der Waals surface area contributed by atoms with E-state index >= 15 is 0 Å². The van der Waals surface area contributed by atoms with Gasteiger partial charge in [0.15, 0.2) is 5.71 Å². The average Bonchev–Trinajstić information content (AvgIpc) is 3.32. The fourth-order valence-corrected chi connectivity index (χ4v) is 3.45. The molecule has 8 nitrogen and oxygen atoms in total. The van der Waals surface area contributed by atoms with Gasteiger partial charge in [0.2, 0.25) is 5.13 Å². The van der Waals surface area contributed by atoms with E-state index in [1.165, 1.54) is 28.5 Å². The first-order chi connectivity index (χ1) is 14.0.